The highest BCUT2D eigenvalue weighted by Crippen LogP contribution is 2.29. The van der Waals surface area contributed by atoms with E-state index in [4.69, 9.17) is 5.26 Å². The predicted molar refractivity (Wildman–Crippen MR) is 112 cm³/mol. The molecule has 1 saturated heterocycles. The van der Waals surface area contributed by atoms with E-state index in [1.54, 1.807) is 24.3 Å². The fourth-order valence-electron chi connectivity index (χ4n) is 3.99. The number of amides is 1. The summed E-state index contributed by atoms with van der Waals surface area (Å²) in [7, 11) is -3.68. The molecule has 2 aromatic carbocycles. The van der Waals surface area contributed by atoms with E-state index in [0.717, 1.165) is 16.7 Å². The van der Waals surface area contributed by atoms with Gasteiger partial charge in [-0.15, -0.1) is 0 Å². The first kappa shape index (κ1) is 21.0. The second-order valence-corrected chi connectivity index (χ2v) is 9.49. The highest BCUT2D eigenvalue weighted by Gasteiger charge is 2.34. The van der Waals surface area contributed by atoms with Crippen LogP contribution in [-0.2, 0) is 14.8 Å². The number of nitrogens with zero attached hydrogens (tertiary/aromatic N) is 2. The normalized spacial score (nSPS) is 17.5. The van der Waals surface area contributed by atoms with Gasteiger partial charge in [-0.05, 0) is 62.9 Å². The van der Waals surface area contributed by atoms with Gasteiger partial charge in [0.2, 0.25) is 15.9 Å². The molecule has 6 nitrogen and oxygen atoms in total. The van der Waals surface area contributed by atoms with Gasteiger partial charge in [-0.1, -0.05) is 23.8 Å². The molecule has 0 aliphatic carbocycles. The van der Waals surface area contributed by atoms with E-state index in [1.165, 1.54) is 4.31 Å². The second kappa shape index (κ2) is 8.36. The number of hydrogen-bond acceptors (Lipinski definition) is 4. The third-order valence-electron chi connectivity index (χ3n) is 5.22. The minimum Gasteiger partial charge on any atom is -0.326 e. The Balaban J connectivity index is 1.80. The summed E-state index contributed by atoms with van der Waals surface area (Å²) in [5.41, 5.74) is 3.47. The Kier molecular flexibility index (Phi) is 6.06. The van der Waals surface area contributed by atoms with Crippen LogP contribution in [0.4, 0.5) is 5.69 Å². The van der Waals surface area contributed by atoms with Gasteiger partial charge in [0.05, 0.1) is 22.4 Å². The molecule has 1 fully saturated rings. The van der Waals surface area contributed by atoms with Crippen molar-refractivity contribution in [2.45, 2.75) is 38.5 Å². The van der Waals surface area contributed by atoms with Gasteiger partial charge >= 0.3 is 0 Å². The second-order valence-electron chi connectivity index (χ2n) is 7.61. The summed E-state index contributed by atoms with van der Waals surface area (Å²) in [6, 6.07) is 12.5. The van der Waals surface area contributed by atoms with E-state index < -0.39 is 15.9 Å². The van der Waals surface area contributed by atoms with Crippen LogP contribution in [0.15, 0.2) is 41.3 Å². The number of rotatable bonds is 4. The Labute approximate surface area is 172 Å². The van der Waals surface area contributed by atoms with Crippen LogP contribution in [0.3, 0.4) is 0 Å². The number of carbonyl (C=O) groups excluding carboxylic acids is 1. The lowest BCUT2D eigenvalue weighted by Gasteiger charge is -2.32. The van der Waals surface area contributed by atoms with Gasteiger partial charge in [-0.3, -0.25) is 4.79 Å². The Hall–Kier alpha value is -2.69. The van der Waals surface area contributed by atoms with E-state index in [-0.39, 0.29) is 12.5 Å². The van der Waals surface area contributed by atoms with E-state index >= 15 is 0 Å². The molecule has 1 heterocycles. The van der Waals surface area contributed by atoms with Gasteiger partial charge in [0.1, 0.15) is 0 Å². The maximum Gasteiger partial charge on any atom is 0.243 e. The summed E-state index contributed by atoms with van der Waals surface area (Å²) in [5.74, 6) is -0.660. The molecule has 2 aromatic rings. The molecule has 0 unspecified atom stereocenters. The monoisotopic (exact) mass is 411 g/mol. The van der Waals surface area contributed by atoms with Crippen LogP contribution in [0.25, 0.3) is 0 Å². The van der Waals surface area contributed by atoms with Crippen LogP contribution in [0, 0.1) is 38.0 Å². The lowest BCUT2D eigenvalue weighted by atomic mass is 9.98. The quantitative estimate of drug-likeness (QED) is 0.833. The van der Waals surface area contributed by atoms with Crippen LogP contribution in [-0.4, -0.2) is 31.7 Å². The fourth-order valence-corrected chi connectivity index (χ4v) is 5.92. The van der Waals surface area contributed by atoms with E-state index in [2.05, 4.69) is 5.32 Å². The zero-order chi connectivity index (χ0) is 21.2. The highest BCUT2D eigenvalue weighted by atomic mass is 32.2. The average Bonchev–Trinajstić information content (AvgIpc) is 2.67. The molecule has 1 atom stereocenters. The molecule has 1 amide bonds. The van der Waals surface area contributed by atoms with Crippen molar-refractivity contribution in [1.29, 1.82) is 5.26 Å². The molecule has 152 valence electrons. The summed E-state index contributed by atoms with van der Waals surface area (Å²) in [6.45, 7) is 6.12. The summed E-state index contributed by atoms with van der Waals surface area (Å²) in [5, 5.41) is 11.8. The zero-order valence-corrected chi connectivity index (χ0v) is 17.7. The van der Waals surface area contributed by atoms with Crippen molar-refractivity contribution >= 4 is 21.6 Å². The number of hydrogen-bond donors (Lipinski definition) is 1. The van der Waals surface area contributed by atoms with Gasteiger partial charge in [0.25, 0.3) is 0 Å². The number of benzene rings is 2. The summed E-state index contributed by atoms with van der Waals surface area (Å²) in [4.78, 5) is 13.1. The van der Waals surface area contributed by atoms with Crippen LogP contribution >= 0.6 is 0 Å². The van der Waals surface area contributed by atoms with Crippen molar-refractivity contribution in [1.82, 2.24) is 4.31 Å². The number of piperidine rings is 1. The molecule has 0 saturated carbocycles. The number of nitriles is 1. The third kappa shape index (κ3) is 4.50. The lowest BCUT2D eigenvalue weighted by Crippen LogP contribution is -2.44. The van der Waals surface area contributed by atoms with Gasteiger partial charge in [0, 0.05) is 18.8 Å². The number of carbonyl (C=O) groups is 1. The van der Waals surface area contributed by atoms with Crippen LogP contribution in [0.1, 0.15) is 35.1 Å². The number of aryl methyl sites for hydroxylation is 3. The molecule has 29 heavy (non-hydrogen) atoms. The third-order valence-corrected chi connectivity index (χ3v) is 7.39. The molecule has 3 rings (SSSR count). The van der Waals surface area contributed by atoms with Gasteiger partial charge in [0.15, 0.2) is 0 Å². The molecule has 0 radical (unpaired) electrons. The van der Waals surface area contributed by atoms with Crippen LogP contribution in [0.5, 0.6) is 0 Å². The molecule has 1 N–H and O–H groups in total. The molecule has 0 aromatic heterocycles. The smallest absolute Gasteiger partial charge is 0.243 e. The van der Waals surface area contributed by atoms with Crippen molar-refractivity contribution in [3.8, 4) is 6.07 Å². The van der Waals surface area contributed by atoms with E-state index in [9.17, 15) is 13.2 Å². The predicted octanol–water partition coefficient (Wildman–Crippen LogP) is 3.52. The maximum absolute atomic E-state index is 13.3. The molecule has 0 spiro atoms. The van der Waals surface area contributed by atoms with Crippen molar-refractivity contribution in [2.75, 3.05) is 18.4 Å². The van der Waals surface area contributed by atoms with Crippen molar-refractivity contribution in [3.05, 3.63) is 58.7 Å². The molecule has 0 bridgehead atoms. The number of anilines is 1. The fraction of sp³-hybridized carbons (Fsp3) is 0.364. The molecule has 1 aliphatic rings. The number of nitrogens with one attached hydrogen (secondary N) is 1. The summed E-state index contributed by atoms with van der Waals surface area (Å²) < 4.78 is 28.0. The Bertz CT molecular complexity index is 1060. The SMILES string of the molecule is Cc1cc(C)c(S(=O)(=O)N2CCC[C@@H](C(=O)Nc3cccc(C#N)c3)C2)c(C)c1. The Morgan fingerprint density at radius 3 is 2.52 bits per heavy atom. The Morgan fingerprint density at radius 1 is 1.17 bits per heavy atom. The molecular formula is C22H25N3O3S. The largest absolute Gasteiger partial charge is 0.326 e. The molecule has 7 heteroatoms. The van der Waals surface area contributed by atoms with E-state index in [1.807, 2.05) is 39.0 Å². The first-order chi connectivity index (χ1) is 13.7. The van der Waals surface area contributed by atoms with Crippen molar-refractivity contribution < 1.29 is 13.2 Å². The first-order valence-electron chi connectivity index (χ1n) is 9.61. The summed E-state index contributed by atoms with van der Waals surface area (Å²) >= 11 is 0. The highest BCUT2D eigenvalue weighted by molar-refractivity contribution is 7.89. The molecule has 1 aliphatic heterocycles. The number of sulfonamides is 1. The minimum absolute atomic E-state index is 0.152. The lowest BCUT2D eigenvalue weighted by molar-refractivity contribution is -0.120. The average molecular weight is 412 g/mol. The Morgan fingerprint density at radius 2 is 1.86 bits per heavy atom. The standard InChI is InChI=1S/C22H25N3O3S/c1-15-10-16(2)21(17(3)11-15)29(27,28)25-9-5-7-19(14-25)22(26)24-20-8-4-6-18(12-20)13-23/h4,6,8,10-12,19H,5,7,9,14H2,1-3H3,(H,24,26)/t19-/m1/s1. The van der Waals surface area contributed by atoms with Gasteiger partial charge in [-0.25, -0.2) is 8.42 Å². The minimum atomic E-state index is -3.68. The van der Waals surface area contributed by atoms with Crippen LogP contribution in [0.2, 0.25) is 0 Å². The topological polar surface area (TPSA) is 90.3 Å². The first-order valence-corrected chi connectivity index (χ1v) is 11.1. The van der Waals surface area contributed by atoms with Gasteiger partial charge in [-0.2, -0.15) is 9.57 Å². The van der Waals surface area contributed by atoms with Crippen molar-refractivity contribution in [3.63, 3.8) is 0 Å². The summed E-state index contributed by atoms with van der Waals surface area (Å²) in [6.07, 6.45) is 1.25. The van der Waals surface area contributed by atoms with Crippen molar-refractivity contribution in [2.24, 2.45) is 5.92 Å². The zero-order valence-electron chi connectivity index (χ0n) is 16.9. The molecular weight excluding hydrogens is 386 g/mol. The van der Waals surface area contributed by atoms with Gasteiger partial charge < -0.3 is 5.32 Å². The maximum atomic E-state index is 13.3. The van der Waals surface area contributed by atoms with E-state index in [0.29, 0.717) is 35.5 Å². The van der Waals surface area contributed by atoms with Crippen LogP contribution < -0.4 is 5.32 Å².